The van der Waals surface area contributed by atoms with Gasteiger partial charge in [-0.25, -0.2) is 0 Å². The SMILES string of the molecule is Cc1ccc(-c2cc3c(C)cc(C)cc3o2)cc1. The molecule has 0 bridgehead atoms. The van der Waals surface area contributed by atoms with Gasteiger partial charge in [0, 0.05) is 10.9 Å². The maximum atomic E-state index is 5.96. The van der Waals surface area contributed by atoms with Gasteiger partial charge in [0.2, 0.25) is 0 Å². The Labute approximate surface area is 107 Å². The first-order valence-corrected chi connectivity index (χ1v) is 6.21. The monoisotopic (exact) mass is 236 g/mol. The molecule has 0 aliphatic heterocycles. The highest BCUT2D eigenvalue weighted by Crippen LogP contribution is 2.30. The topological polar surface area (TPSA) is 13.1 Å². The molecule has 3 aromatic rings. The summed E-state index contributed by atoms with van der Waals surface area (Å²) in [4.78, 5) is 0. The highest BCUT2D eigenvalue weighted by atomic mass is 16.3. The molecule has 1 heterocycles. The molecule has 1 nitrogen and oxygen atoms in total. The van der Waals surface area contributed by atoms with Crippen LogP contribution in [0.15, 0.2) is 46.9 Å². The molecule has 90 valence electrons. The van der Waals surface area contributed by atoms with Crippen LogP contribution in [0, 0.1) is 20.8 Å². The average molecular weight is 236 g/mol. The first-order valence-electron chi connectivity index (χ1n) is 6.21. The van der Waals surface area contributed by atoms with E-state index in [1.165, 1.54) is 22.1 Å². The van der Waals surface area contributed by atoms with Crippen molar-refractivity contribution in [2.45, 2.75) is 20.8 Å². The van der Waals surface area contributed by atoms with Gasteiger partial charge in [-0.05, 0) is 44.0 Å². The Hall–Kier alpha value is -2.02. The second kappa shape index (κ2) is 4.02. The summed E-state index contributed by atoms with van der Waals surface area (Å²) in [5, 5.41) is 1.20. The van der Waals surface area contributed by atoms with Gasteiger partial charge in [-0.1, -0.05) is 35.9 Å². The van der Waals surface area contributed by atoms with E-state index in [0.717, 1.165) is 16.9 Å². The van der Waals surface area contributed by atoms with E-state index in [2.05, 4.69) is 63.2 Å². The van der Waals surface area contributed by atoms with E-state index in [1.54, 1.807) is 0 Å². The molecule has 1 heteroatoms. The van der Waals surface area contributed by atoms with E-state index in [4.69, 9.17) is 4.42 Å². The summed E-state index contributed by atoms with van der Waals surface area (Å²) in [6.45, 7) is 6.32. The van der Waals surface area contributed by atoms with Crippen LogP contribution in [0.1, 0.15) is 16.7 Å². The second-order valence-electron chi connectivity index (χ2n) is 4.97. The number of hydrogen-bond acceptors (Lipinski definition) is 1. The van der Waals surface area contributed by atoms with E-state index in [-0.39, 0.29) is 0 Å². The quantitative estimate of drug-likeness (QED) is 0.578. The number of aryl methyl sites for hydroxylation is 3. The molecule has 3 rings (SSSR count). The molecular formula is C17H16O. The molecule has 0 fully saturated rings. The number of benzene rings is 2. The van der Waals surface area contributed by atoms with Crippen molar-refractivity contribution >= 4 is 11.0 Å². The van der Waals surface area contributed by atoms with Crippen LogP contribution >= 0.6 is 0 Å². The van der Waals surface area contributed by atoms with E-state index in [0.29, 0.717) is 0 Å². The van der Waals surface area contributed by atoms with E-state index < -0.39 is 0 Å². The molecule has 0 spiro atoms. The molecule has 0 aliphatic carbocycles. The molecule has 0 amide bonds. The summed E-state index contributed by atoms with van der Waals surface area (Å²) in [6.07, 6.45) is 0. The van der Waals surface area contributed by atoms with Crippen molar-refractivity contribution in [2.75, 3.05) is 0 Å². The Morgan fingerprint density at radius 2 is 1.50 bits per heavy atom. The normalized spacial score (nSPS) is 11.1. The number of hydrogen-bond donors (Lipinski definition) is 0. The summed E-state index contributed by atoms with van der Waals surface area (Å²) in [5.74, 6) is 0.943. The number of rotatable bonds is 1. The Morgan fingerprint density at radius 1 is 0.778 bits per heavy atom. The van der Waals surface area contributed by atoms with Crippen LogP contribution in [0.25, 0.3) is 22.3 Å². The smallest absolute Gasteiger partial charge is 0.135 e. The third-order valence-electron chi connectivity index (χ3n) is 3.32. The fourth-order valence-electron chi connectivity index (χ4n) is 2.35. The van der Waals surface area contributed by atoms with Crippen molar-refractivity contribution in [3.8, 4) is 11.3 Å². The van der Waals surface area contributed by atoms with E-state index in [9.17, 15) is 0 Å². The molecule has 1 aromatic heterocycles. The summed E-state index contributed by atoms with van der Waals surface area (Å²) in [6, 6.07) is 14.9. The molecule has 0 saturated carbocycles. The molecule has 0 atom stereocenters. The summed E-state index contributed by atoms with van der Waals surface area (Å²) in [5.41, 5.74) is 5.88. The third-order valence-corrected chi connectivity index (χ3v) is 3.32. The van der Waals surface area contributed by atoms with Crippen LogP contribution in [0.3, 0.4) is 0 Å². The predicted molar refractivity (Wildman–Crippen MR) is 75.9 cm³/mol. The fourth-order valence-corrected chi connectivity index (χ4v) is 2.35. The van der Waals surface area contributed by atoms with Crippen LogP contribution < -0.4 is 0 Å². The zero-order valence-electron chi connectivity index (χ0n) is 10.9. The van der Waals surface area contributed by atoms with Crippen molar-refractivity contribution in [3.63, 3.8) is 0 Å². The van der Waals surface area contributed by atoms with E-state index >= 15 is 0 Å². The predicted octanol–water partition coefficient (Wildman–Crippen LogP) is 5.03. The Bertz CT molecular complexity index is 702. The van der Waals surface area contributed by atoms with Gasteiger partial charge in [0.05, 0.1) is 0 Å². The lowest BCUT2D eigenvalue weighted by Crippen LogP contribution is -1.76. The molecule has 0 radical (unpaired) electrons. The van der Waals surface area contributed by atoms with Crippen molar-refractivity contribution in [3.05, 3.63) is 59.2 Å². The summed E-state index contributed by atoms with van der Waals surface area (Å²) in [7, 11) is 0. The van der Waals surface area contributed by atoms with Gasteiger partial charge in [-0.2, -0.15) is 0 Å². The maximum absolute atomic E-state index is 5.96. The van der Waals surface area contributed by atoms with Crippen molar-refractivity contribution in [1.29, 1.82) is 0 Å². The molecule has 0 N–H and O–H groups in total. The van der Waals surface area contributed by atoms with Crippen molar-refractivity contribution in [2.24, 2.45) is 0 Å². The molecule has 0 saturated heterocycles. The first kappa shape index (κ1) is 11.1. The zero-order chi connectivity index (χ0) is 12.7. The maximum Gasteiger partial charge on any atom is 0.135 e. The lowest BCUT2D eigenvalue weighted by atomic mass is 10.1. The van der Waals surface area contributed by atoms with Gasteiger partial charge >= 0.3 is 0 Å². The minimum absolute atomic E-state index is 0.943. The van der Waals surface area contributed by atoms with Crippen LogP contribution in [0.4, 0.5) is 0 Å². The standard InChI is InChI=1S/C17H16O/c1-11-4-6-14(7-5-11)16-10-15-13(3)8-12(2)9-17(15)18-16/h4-10H,1-3H3. The Balaban J connectivity index is 2.19. The molecule has 0 aliphatic rings. The third kappa shape index (κ3) is 1.82. The zero-order valence-corrected chi connectivity index (χ0v) is 10.9. The van der Waals surface area contributed by atoms with Gasteiger partial charge in [0.15, 0.2) is 0 Å². The van der Waals surface area contributed by atoms with Crippen LogP contribution in [-0.2, 0) is 0 Å². The minimum Gasteiger partial charge on any atom is -0.456 e. The molecular weight excluding hydrogens is 220 g/mol. The van der Waals surface area contributed by atoms with Crippen molar-refractivity contribution in [1.82, 2.24) is 0 Å². The molecule has 2 aromatic carbocycles. The van der Waals surface area contributed by atoms with Gasteiger partial charge in [-0.15, -0.1) is 0 Å². The van der Waals surface area contributed by atoms with Gasteiger partial charge in [-0.3, -0.25) is 0 Å². The van der Waals surface area contributed by atoms with Gasteiger partial charge in [0.25, 0.3) is 0 Å². The largest absolute Gasteiger partial charge is 0.456 e. The van der Waals surface area contributed by atoms with Gasteiger partial charge in [0.1, 0.15) is 11.3 Å². The summed E-state index contributed by atoms with van der Waals surface area (Å²) < 4.78 is 5.96. The average Bonchev–Trinajstić information content (AvgIpc) is 2.74. The second-order valence-corrected chi connectivity index (χ2v) is 4.97. The summed E-state index contributed by atoms with van der Waals surface area (Å²) >= 11 is 0. The lowest BCUT2D eigenvalue weighted by molar-refractivity contribution is 0.631. The fraction of sp³-hybridized carbons (Fsp3) is 0.176. The van der Waals surface area contributed by atoms with Crippen molar-refractivity contribution < 1.29 is 4.42 Å². The lowest BCUT2D eigenvalue weighted by Gasteiger charge is -1.97. The van der Waals surface area contributed by atoms with Gasteiger partial charge < -0.3 is 4.42 Å². The molecule has 0 unspecified atom stereocenters. The highest BCUT2D eigenvalue weighted by Gasteiger charge is 2.08. The first-order chi connectivity index (χ1) is 8.63. The number of fused-ring (bicyclic) bond motifs is 1. The highest BCUT2D eigenvalue weighted by molar-refractivity contribution is 5.86. The Kier molecular flexibility index (Phi) is 2.48. The molecule has 18 heavy (non-hydrogen) atoms. The number of furan rings is 1. The Morgan fingerprint density at radius 3 is 2.22 bits per heavy atom. The van der Waals surface area contributed by atoms with Crippen LogP contribution in [-0.4, -0.2) is 0 Å². The van der Waals surface area contributed by atoms with Crippen LogP contribution in [0.5, 0.6) is 0 Å². The minimum atomic E-state index is 0.943. The van der Waals surface area contributed by atoms with E-state index in [1.807, 2.05) is 0 Å². The van der Waals surface area contributed by atoms with Crippen LogP contribution in [0.2, 0.25) is 0 Å².